The summed E-state index contributed by atoms with van der Waals surface area (Å²) in [6, 6.07) is 0. The van der Waals surface area contributed by atoms with Gasteiger partial charge in [0.05, 0.1) is 0 Å². The molecule has 0 aliphatic heterocycles. The summed E-state index contributed by atoms with van der Waals surface area (Å²) in [7, 11) is 0. The summed E-state index contributed by atoms with van der Waals surface area (Å²) in [6.45, 7) is 6.50. The second-order valence-electron chi connectivity index (χ2n) is 17.8. The summed E-state index contributed by atoms with van der Waals surface area (Å²) in [4.78, 5) is 38.0. The molecule has 0 saturated carbocycles. The van der Waals surface area contributed by atoms with Gasteiger partial charge in [-0.3, -0.25) is 14.4 Å². The van der Waals surface area contributed by atoms with Gasteiger partial charge in [0.15, 0.2) is 6.10 Å². The summed E-state index contributed by atoms with van der Waals surface area (Å²) < 4.78 is 16.8. The Bertz CT molecular complexity index is 1090. The van der Waals surface area contributed by atoms with Crippen molar-refractivity contribution in [2.75, 3.05) is 13.2 Å². The maximum absolute atomic E-state index is 12.8. The fraction of sp³-hybridized carbons (Fsp3) is 0.804. The van der Waals surface area contributed by atoms with Crippen molar-refractivity contribution >= 4 is 17.9 Å². The van der Waals surface area contributed by atoms with E-state index in [1.54, 1.807) is 0 Å². The van der Waals surface area contributed by atoms with Gasteiger partial charge in [0.1, 0.15) is 13.2 Å². The molecule has 6 heteroatoms. The van der Waals surface area contributed by atoms with E-state index in [0.29, 0.717) is 19.3 Å². The highest BCUT2D eigenvalue weighted by atomic mass is 16.6. The molecule has 0 fully saturated rings. The van der Waals surface area contributed by atoms with Crippen LogP contribution in [0.3, 0.4) is 0 Å². The molecule has 0 aliphatic rings. The molecule has 0 rings (SSSR count). The van der Waals surface area contributed by atoms with E-state index in [0.717, 1.165) is 83.5 Å². The van der Waals surface area contributed by atoms with E-state index >= 15 is 0 Å². The number of ether oxygens (including phenoxy) is 3. The number of carbonyl (C=O) groups excluding carboxylic acids is 3. The molecule has 0 aliphatic carbocycles. The van der Waals surface area contributed by atoms with Crippen LogP contribution in [-0.2, 0) is 28.6 Å². The lowest BCUT2D eigenvalue weighted by Gasteiger charge is -2.18. The van der Waals surface area contributed by atoms with E-state index in [9.17, 15) is 14.4 Å². The maximum atomic E-state index is 12.8. The summed E-state index contributed by atoms with van der Waals surface area (Å²) in [6.07, 6.45) is 61.0. The van der Waals surface area contributed by atoms with E-state index < -0.39 is 6.10 Å². The fourth-order valence-electron chi connectivity index (χ4n) is 7.57. The topological polar surface area (TPSA) is 78.9 Å². The van der Waals surface area contributed by atoms with Crippen LogP contribution in [0.25, 0.3) is 0 Å². The summed E-state index contributed by atoms with van der Waals surface area (Å²) in [5, 5.41) is 0. The van der Waals surface area contributed by atoms with Gasteiger partial charge in [-0.05, 0) is 77.0 Å². The number of carbonyl (C=O) groups is 3. The van der Waals surface area contributed by atoms with Crippen molar-refractivity contribution < 1.29 is 28.6 Å². The van der Waals surface area contributed by atoms with E-state index in [4.69, 9.17) is 14.2 Å². The van der Waals surface area contributed by atoms with Gasteiger partial charge in [0.2, 0.25) is 0 Å². The molecular weight excluding hydrogens is 769 g/mol. The second-order valence-corrected chi connectivity index (χ2v) is 17.8. The van der Waals surface area contributed by atoms with Crippen LogP contribution in [0.15, 0.2) is 48.6 Å². The minimum absolute atomic E-state index is 0.0872. The van der Waals surface area contributed by atoms with E-state index in [-0.39, 0.29) is 31.1 Å². The van der Waals surface area contributed by atoms with Crippen LogP contribution in [0, 0.1) is 0 Å². The molecule has 1 atom stereocenters. The first-order valence-electron chi connectivity index (χ1n) is 26.6. The Hall–Kier alpha value is -2.63. The zero-order valence-electron chi connectivity index (χ0n) is 41.1. The predicted molar refractivity (Wildman–Crippen MR) is 265 cm³/mol. The Labute approximate surface area is 384 Å². The average molecular weight is 869 g/mol. The highest BCUT2D eigenvalue weighted by molar-refractivity contribution is 5.71. The van der Waals surface area contributed by atoms with E-state index in [1.165, 1.54) is 148 Å². The Kier molecular flexibility index (Phi) is 48.8. The molecule has 0 spiro atoms. The van der Waals surface area contributed by atoms with Gasteiger partial charge in [0.25, 0.3) is 0 Å². The molecule has 0 aromatic rings. The lowest BCUT2D eigenvalue weighted by Crippen LogP contribution is -2.30. The van der Waals surface area contributed by atoms with Crippen LogP contribution >= 0.6 is 0 Å². The SMILES string of the molecule is CC/C=C\C/C=C\C/C=C\CCCCC(=O)OCC(COC(=O)CCCCCCC/C=C\CCCCCCCCCCC)OC(=O)CCCCCCCCCCCCCCCC. The number of esters is 3. The number of rotatable bonds is 48. The average Bonchev–Trinajstić information content (AvgIpc) is 3.27. The van der Waals surface area contributed by atoms with Gasteiger partial charge < -0.3 is 14.2 Å². The lowest BCUT2D eigenvalue weighted by atomic mass is 10.0. The number of allylic oxidation sites excluding steroid dienone is 8. The van der Waals surface area contributed by atoms with Crippen molar-refractivity contribution in [2.45, 2.75) is 277 Å². The van der Waals surface area contributed by atoms with Crippen molar-refractivity contribution in [1.82, 2.24) is 0 Å². The van der Waals surface area contributed by atoms with Gasteiger partial charge in [-0.25, -0.2) is 0 Å². The van der Waals surface area contributed by atoms with E-state index in [1.807, 2.05) is 0 Å². The largest absolute Gasteiger partial charge is 0.462 e. The van der Waals surface area contributed by atoms with Crippen molar-refractivity contribution in [3.05, 3.63) is 48.6 Å². The van der Waals surface area contributed by atoms with Crippen molar-refractivity contribution in [1.29, 1.82) is 0 Å². The third-order valence-corrected chi connectivity index (χ3v) is 11.6. The third kappa shape index (κ3) is 48.4. The number of hydrogen-bond acceptors (Lipinski definition) is 6. The summed E-state index contributed by atoms with van der Waals surface area (Å²) in [5.41, 5.74) is 0. The number of hydrogen-bond donors (Lipinski definition) is 0. The quantitative estimate of drug-likeness (QED) is 0.0262. The normalized spacial score (nSPS) is 12.4. The molecule has 360 valence electrons. The van der Waals surface area contributed by atoms with Crippen LogP contribution in [-0.4, -0.2) is 37.2 Å². The molecule has 0 saturated heterocycles. The van der Waals surface area contributed by atoms with Crippen LogP contribution in [0.1, 0.15) is 271 Å². The fourth-order valence-corrected chi connectivity index (χ4v) is 7.57. The van der Waals surface area contributed by atoms with Crippen molar-refractivity contribution in [3.63, 3.8) is 0 Å². The molecule has 0 N–H and O–H groups in total. The predicted octanol–water partition coefficient (Wildman–Crippen LogP) is 17.5. The molecule has 0 radical (unpaired) electrons. The Morgan fingerprint density at radius 1 is 0.339 bits per heavy atom. The Morgan fingerprint density at radius 2 is 0.629 bits per heavy atom. The van der Waals surface area contributed by atoms with Gasteiger partial charge >= 0.3 is 17.9 Å². The summed E-state index contributed by atoms with van der Waals surface area (Å²) in [5.74, 6) is -0.926. The van der Waals surface area contributed by atoms with Crippen LogP contribution in [0.5, 0.6) is 0 Å². The molecule has 0 aromatic heterocycles. The van der Waals surface area contributed by atoms with E-state index in [2.05, 4.69) is 69.4 Å². The molecule has 62 heavy (non-hydrogen) atoms. The zero-order chi connectivity index (χ0) is 45.1. The first-order chi connectivity index (χ1) is 30.5. The first kappa shape index (κ1) is 59.4. The molecule has 6 nitrogen and oxygen atoms in total. The van der Waals surface area contributed by atoms with Crippen LogP contribution < -0.4 is 0 Å². The lowest BCUT2D eigenvalue weighted by molar-refractivity contribution is -0.167. The molecule has 0 aromatic carbocycles. The molecule has 0 bridgehead atoms. The Morgan fingerprint density at radius 3 is 1.03 bits per heavy atom. The van der Waals surface area contributed by atoms with Gasteiger partial charge in [-0.1, -0.05) is 223 Å². The molecular formula is C56H100O6. The second kappa shape index (κ2) is 51.0. The highest BCUT2D eigenvalue weighted by Crippen LogP contribution is 2.15. The third-order valence-electron chi connectivity index (χ3n) is 11.6. The summed E-state index contributed by atoms with van der Waals surface area (Å²) >= 11 is 0. The van der Waals surface area contributed by atoms with Gasteiger partial charge in [0, 0.05) is 19.3 Å². The van der Waals surface area contributed by atoms with Gasteiger partial charge in [-0.2, -0.15) is 0 Å². The zero-order valence-corrected chi connectivity index (χ0v) is 41.1. The van der Waals surface area contributed by atoms with Crippen molar-refractivity contribution in [2.24, 2.45) is 0 Å². The van der Waals surface area contributed by atoms with Crippen LogP contribution in [0.4, 0.5) is 0 Å². The Balaban J connectivity index is 4.37. The maximum Gasteiger partial charge on any atom is 0.306 e. The van der Waals surface area contributed by atoms with Crippen molar-refractivity contribution in [3.8, 4) is 0 Å². The smallest absolute Gasteiger partial charge is 0.306 e. The van der Waals surface area contributed by atoms with Crippen LogP contribution in [0.2, 0.25) is 0 Å². The standard InChI is InChI=1S/C56H100O6/c1-4-7-10-13-16-19-22-25-27-28-29-30-32-34-37-40-43-46-49-55(58)61-52-53(51-60-54(57)48-45-42-39-36-33-24-21-18-15-12-9-6-3)62-56(59)50-47-44-41-38-35-31-26-23-20-17-14-11-8-5-2/h9,12,18,21,29-30,33,36,53H,4-8,10-11,13-17,19-20,22-28,31-32,34-35,37-52H2,1-3H3/b12-9-,21-18-,30-29-,36-33-. The number of unbranched alkanes of at least 4 members (excludes halogenated alkanes) is 29. The minimum atomic E-state index is -0.788. The molecule has 0 heterocycles. The van der Waals surface area contributed by atoms with Gasteiger partial charge in [-0.15, -0.1) is 0 Å². The molecule has 0 amide bonds. The molecule has 1 unspecified atom stereocenters. The monoisotopic (exact) mass is 869 g/mol. The highest BCUT2D eigenvalue weighted by Gasteiger charge is 2.19. The minimum Gasteiger partial charge on any atom is -0.462 e. The first-order valence-corrected chi connectivity index (χ1v) is 26.6.